The van der Waals surface area contributed by atoms with Crippen LogP contribution in [-0.4, -0.2) is 106 Å². The molecule has 0 aliphatic carbocycles. The zero-order valence-corrected chi connectivity index (χ0v) is 15.3. The van der Waals surface area contributed by atoms with Crippen LogP contribution < -0.4 is 10.6 Å². The Morgan fingerprint density at radius 1 is 0.417 bits per heavy atom. The largest absolute Gasteiger partial charge is 0.383 e. The quantitative estimate of drug-likeness (QED) is 0.268. The second kappa shape index (κ2) is 22.7. The first-order chi connectivity index (χ1) is 11.9. The van der Waals surface area contributed by atoms with Crippen molar-refractivity contribution >= 4 is 0 Å². The first kappa shape index (κ1) is 23.7. The molecule has 0 spiro atoms. The molecule has 146 valence electrons. The molecule has 0 aromatic rings. The van der Waals surface area contributed by atoms with Crippen molar-refractivity contribution < 1.29 is 28.4 Å². The maximum atomic E-state index is 5.42. The van der Waals surface area contributed by atoms with Crippen LogP contribution in [0.4, 0.5) is 0 Å². The molecule has 8 heteroatoms. The lowest BCUT2D eigenvalue weighted by Crippen LogP contribution is -2.24. The molecule has 0 fully saturated rings. The average Bonchev–Trinajstić information content (AvgIpc) is 2.60. The third kappa shape index (κ3) is 21.7. The molecule has 24 heavy (non-hydrogen) atoms. The molecule has 0 atom stereocenters. The van der Waals surface area contributed by atoms with Crippen LogP contribution in [-0.2, 0) is 28.4 Å². The Morgan fingerprint density at radius 3 is 1.04 bits per heavy atom. The lowest BCUT2D eigenvalue weighted by molar-refractivity contribution is -0.00120. The topological polar surface area (TPSA) is 79.4 Å². The van der Waals surface area contributed by atoms with Crippen LogP contribution in [0, 0.1) is 0 Å². The molecule has 8 nitrogen and oxygen atoms in total. The number of ether oxygens (including phenoxy) is 6. The Morgan fingerprint density at radius 2 is 0.708 bits per heavy atom. The molecule has 2 N–H and O–H groups in total. The van der Waals surface area contributed by atoms with Gasteiger partial charge in [0.15, 0.2) is 0 Å². The SMILES string of the molecule is COCCNCCOCCOCCOCCOCCNCCOC. The van der Waals surface area contributed by atoms with Crippen LogP contribution in [0.15, 0.2) is 0 Å². The molecule has 0 saturated heterocycles. The van der Waals surface area contributed by atoms with E-state index in [1.54, 1.807) is 14.2 Å². The van der Waals surface area contributed by atoms with Gasteiger partial charge in [-0.1, -0.05) is 0 Å². The van der Waals surface area contributed by atoms with E-state index in [1.807, 2.05) is 0 Å². The Balaban J connectivity index is 2.93. The zero-order chi connectivity index (χ0) is 17.6. The maximum absolute atomic E-state index is 5.42. The molecular formula is C16H36N2O6. The summed E-state index contributed by atoms with van der Waals surface area (Å²) in [6.45, 7) is 9.70. The highest BCUT2D eigenvalue weighted by Crippen LogP contribution is 1.82. The summed E-state index contributed by atoms with van der Waals surface area (Å²) < 4.78 is 31.5. The van der Waals surface area contributed by atoms with Crippen LogP contribution in [0.2, 0.25) is 0 Å². The van der Waals surface area contributed by atoms with Crippen LogP contribution in [0.5, 0.6) is 0 Å². The number of methoxy groups -OCH3 is 2. The predicted octanol–water partition coefficient (Wildman–Crippen LogP) is -0.475. The molecule has 0 aromatic heterocycles. The summed E-state index contributed by atoms with van der Waals surface area (Å²) in [5, 5.41) is 6.41. The molecule has 0 rings (SSSR count). The second-order valence-corrected chi connectivity index (χ2v) is 4.94. The van der Waals surface area contributed by atoms with E-state index < -0.39 is 0 Å². The van der Waals surface area contributed by atoms with Crippen molar-refractivity contribution in [3.8, 4) is 0 Å². The van der Waals surface area contributed by atoms with Crippen LogP contribution >= 0.6 is 0 Å². The average molecular weight is 352 g/mol. The van der Waals surface area contributed by atoms with Gasteiger partial charge in [0.2, 0.25) is 0 Å². The van der Waals surface area contributed by atoms with Gasteiger partial charge < -0.3 is 39.1 Å². The molecule has 0 aliphatic rings. The summed E-state index contributed by atoms with van der Waals surface area (Å²) >= 11 is 0. The van der Waals surface area contributed by atoms with Crippen molar-refractivity contribution in [2.24, 2.45) is 0 Å². The fraction of sp³-hybridized carbons (Fsp3) is 1.00. The predicted molar refractivity (Wildman–Crippen MR) is 92.8 cm³/mol. The Labute approximate surface area is 146 Å². The van der Waals surface area contributed by atoms with Gasteiger partial charge in [-0.05, 0) is 0 Å². The monoisotopic (exact) mass is 352 g/mol. The van der Waals surface area contributed by atoms with E-state index in [0.29, 0.717) is 52.9 Å². The van der Waals surface area contributed by atoms with Gasteiger partial charge in [-0.2, -0.15) is 0 Å². The summed E-state index contributed by atoms with van der Waals surface area (Å²) in [5.41, 5.74) is 0. The van der Waals surface area contributed by atoms with E-state index in [9.17, 15) is 0 Å². The van der Waals surface area contributed by atoms with E-state index in [4.69, 9.17) is 28.4 Å². The smallest absolute Gasteiger partial charge is 0.0701 e. The Hall–Kier alpha value is -0.320. The minimum absolute atomic E-state index is 0.577. The highest BCUT2D eigenvalue weighted by atomic mass is 16.6. The van der Waals surface area contributed by atoms with Gasteiger partial charge >= 0.3 is 0 Å². The number of rotatable bonds is 21. The Bertz CT molecular complexity index is 203. The summed E-state index contributed by atoms with van der Waals surface area (Å²) in [5.74, 6) is 0. The van der Waals surface area contributed by atoms with Crippen LogP contribution in [0.25, 0.3) is 0 Å². The summed E-state index contributed by atoms with van der Waals surface area (Å²) in [6, 6.07) is 0. The van der Waals surface area contributed by atoms with Gasteiger partial charge in [0.05, 0.1) is 66.1 Å². The summed E-state index contributed by atoms with van der Waals surface area (Å²) in [4.78, 5) is 0. The van der Waals surface area contributed by atoms with Crippen LogP contribution in [0.1, 0.15) is 0 Å². The molecule has 0 unspecified atom stereocenters. The van der Waals surface area contributed by atoms with Gasteiger partial charge in [-0.3, -0.25) is 0 Å². The summed E-state index contributed by atoms with van der Waals surface area (Å²) in [6.07, 6.45) is 0. The lowest BCUT2D eigenvalue weighted by atomic mass is 10.6. The Kier molecular flexibility index (Phi) is 22.4. The number of hydrogen-bond donors (Lipinski definition) is 2. The summed E-state index contributed by atoms with van der Waals surface area (Å²) in [7, 11) is 3.38. The van der Waals surface area contributed by atoms with E-state index in [0.717, 1.165) is 39.4 Å². The molecular weight excluding hydrogens is 316 g/mol. The van der Waals surface area contributed by atoms with E-state index in [-0.39, 0.29) is 0 Å². The normalized spacial score (nSPS) is 11.2. The molecule has 0 amide bonds. The van der Waals surface area contributed by atoms with Gasteiger partial charge in [-0.25, -0.2) is 0 Å². The van der Waals surface area contributed by atoms with Crippen molar-refractivity contribution in [1.82, 2.24) is 10.6 Å². The molecule has 0 heterocycles. The number of hydrogen-bond acceptors (Lipinski definition) is 8. The van der Waals surface area contributed by atoms with Crippen LogP contribution in [0.3, 0.4) is 0 Å². The first-order valence-electron chi connectivity index (χ1n) is 8.62. The van der Waals surface area contributed by atoms with Crippen molar-refractivity contribution in [2.45, 2.75) is 0 Å². The highest BCUT2D eigenvalue weighted by Gasteiger charge is 1.93. The highest BCUT2D eigenvalue weighted by molar-refractivity contribution is 4.45. The van der Waals surface area contributed by atoms with Crippen molar-refractivity contribution in [3.05, 3.63) is 0 Å². The second-order valence-electron chi connectivity index (χ2n) is 4.94. The third-order valence-electron chi connectivity index (χ3n) is 2.93. The van der Waals surface area contributed by atoms with Crippen molar-refractivity contribution in [3.63, 3.8) is 0 Å². The third-order valence-corrected chi connectivity index (χ3v) is 2.93. The van der Waals surface area contributed by atoms with Gasteiger partial charge in [0, 0.05) is 40.4 Å². The molecule has 0 aromatic carbocycles. The first-order valence-corrected chi connectivity index (χ1v) is 8.62. The standard InChI is InChI=1S/C16H36N2O6/c1-19-7-3-17-5-9-21-11-13-23-15-16-24-14-12-22-10-6-18-4-8-20-2/h17-18H,3-16H2,1-2H3. The van der Waals surface area contributed by atoms with Crippen molar-refractivity contribution in [1.29, 1.82) is 0 Å². The van der Waals surface area contributed by atoms with Gasteiger partial charge in [-0.15, -0.1) is 0 Å². The van der Waals surface area contributed by atoms with E-state index in [1.165, 1.54) is 0 Å². The van der Waals surface area contributed by atoms with E-state index >= 15 is 0 Å². The zero-order valence-electron chi connectivity index (χ0n) is 15.3. The molecule has 0 bridgehead atoms. The minimum Gasteiger partial charge on any atom is -0.383 e. The lowest BCUT2D eigenvalue weighted by Gasteiger charge is -2.08. The molecule has 0 saturated carbocycles. The molecule has 0 aliphatic heterocycles. The van der Waals surface area contributed by atoms with Crippen molar-refractivity contribution in [2.75, 3.05) is 106 Å². The van der Waals surface area contributed by atoms with Gasteiger partial charge in [0.1, 0.15) is 0 Å². The van der Waals surface area contributed by atoms with Gasteiger partial charge in [0.25, 0.3) is 0 Å². The maximum Gasteiger partial charge on any atom is 0.0701 e. The fourth-order valence-electron chi connectivity index (χ4n) is 1.65. The minimum atomic E-state index is 0.577. The molecule has 0 radical (unpaired) electrons. The van der Waals surface area contributed by atoms with E-state index in [2.05, 4.69) is 10.6 Å². The fourth-order valence-corrected chi connectivity index (χ4v) is 1.65. The number of nitrogens with one attached hydrogen (secondary N) is 2.